The Morgan fingerprint density at radius 2 is 1.96 bits per heavy atom. The Kier molecular flexibility index (Phi) is 12.5. The van der Waals surface area contributed by atoms with Gasteiger partial charge < -0.3 is 15.4 Å². The lowest BCUT2D eigenvalue weighted by Gasteiger charge is -2.12. The first-order valence-corrected chi connectivity index (χ1v) is 8.25. The van der Waals surface area contributed by atoms with Gasteiger partial charge in [-0.15, -0.1) is 24.0 Å². The third-order valence-corrected chi connectivity index (χ3v) is 3.13. The average Bonchev–Trinajstić information content (AvgIpc) is 2.52. The molecule has 0 spiro atoms. The first-order valence-electron chi connectivity index (χ1n) is 8.25. The molecule has 2 N–H and O–H groups in total. The van der Waals surface area contributed by atoms with Crippen LogP contribution in [-0.2, 0) is 6.54 Å². The number of nitrogens with zero attached hydrogens (tertiary/aromatic N) is 1. The number of unbranched alkanes of at least 4 members (excludes halogenated alkanes) is 1. The Hall–Kier alpha value is -1.19. The topological polar surface area (TPSA) is 45.6 Å². The number of guanidine groups is 1. The van der Waals surface area contributed by atoms with Gasteiger partial charge in [0.1, 0.15) is 5.75 Å². The summed E-state index contributed by atoms with van der Waals surface area (Å²) >= 11 is 0. The summed E-state index contributed by atoms with van der Waals surface area (Å²) in [5.41, 5.74) is 0.942. The molecule has 0 aromatic heterocycles. The summed E-state index contributed by atoms with van der Waals surface area (Å²) in [5.74, 6) is 1.16. The molecule has 8 heteroatoms. The van der Waals surface area contributed by atoms with E-state index in [4.69, 9.17) is 4.74 Å². The van der Waals surface area contributed by atoms with E-state index >= 15 is 0 Å². The van der Waals surface area contributed by atoms with E-state index in [1.165, 1.54) is 0 Å². The van der Waals surface area contributed by atoms with E-state index in [1.54, 1.807) is 0 Å². The van der Waals surface area contributed by atoms with Crippen LogP contribution in [0.2, 0.25) is 0 Å². The first-order chi connectivity index (χ1) is 11.4. The van der Waals surface area contributed by atoms with E-state index in [-0.39, 0.29) is 30.5 Å². The van der Waals surface area contributed by atoms with E-state index in [0.717, 1.165) is 24.2 Å². The summed E-state index contributed by atoms with van der Waals surface area (Å²) in [6.07, 6.45) is -3.00. The molecule has 0 aliphatic heterocycles. The second-order valence-electron chi connectivity index (χ2n) is 5.34. The summed E-state index contributed by atoms with van der Waals surface area (Å²) in [6, 6.07) is 7.58. The molecule has 25 heavy (non-hydrogen) atoms. The van der Waals surface area contributed by atoms with Crippen molar-refractivity contribution in [2.24, 2.45) is 4.99 Å². The molecule has 144 valence electrons. The molecule has 0 unspecified atom stereocenters. The molecule has 0 bridgehead atoms. The van der Waals surface area contributed by atoms with Gasteiger partial charge in [-0.2, -0.15) is 13.2 Å². The standard InChI is InChI=1S/C17H26F3N3O.HI/c1-3-5-11-24-15-8-6-7-14(12-15)13-23-16(21-4-2)22-10-9-17(18,19)20;/h6-8,12H,3-5,9-11,13H2,1-2H3,(H2,21,22,23);1H. The van der Waals surface area contributed by atoms with Gasteiger partial charge in [0, 0.05) is 13.1 Å². The number of rotatable bonds is 9. The Bertz CT molecular complexity index is 510. The van der Waals surface area contributed by atoms with E-state index < -0.39 is 12.6 Å². The van der Waals surface area contributed by atoms with Crippen LogP contribution < -0.4 is 15.4 Å². The number of hydrogen-bond donors (Lipinski definition) is 2. The van der Waals surface area contributed by atoms with Crippen molar-refractivity contribution in [3.63, 3.8) is 0 Å². The maximum atomic E-state index is 12.2. The second-order valence-corrected chi connectivity index (χ2v) is 5.34. The zero-order valence-electron chi connectivity index (χ0n) is 14.7. The molecule has 0 saturated heterocycles. The molecule has 4 nitrogen and oxygen atoms in total. The molecular formula is C17H27F3IN3O. The molecular weight excluding hydrogens is 446 g/mol. The summed E-state index contributed by atoms with van der Waals surface area (Å²) in [6.45, 7) is 5.39. The minimum Gasteiger partial charge on any atom is -0.494 e. The van der Waals surface area contributed by atoms with Crippen molar-refractivity contribution >= 4 is 29.9 Å². The van der Waals surface area contributed by atoms with Crippen LogP contribution in [0.3, 0.4) is 0 Å². The Morgan fingerprint density at radius 3 is 2.60 bits per heavy atom. The summed E-state index contributed by atoms with van der Waals surface area (Å²) in [4.78, 5) is 4.31. The van der Waals surface area contributed by atoms with Crippen molar-refractivity contribution < 1.29 is 17.9 Å². The van der Waals surface area contributed by atoms with E-state index in [1.807, 2.05) is 31.2 Å². The molecule has 1 rings (SSSR count). The maximum Gasteiger partial charge on any atom is 0.390 e. The smallest absolute Gasteiger partial charge is 0.390 e. The van der Waals surface area contributed by atoms with Crippen LogP contribution >= 0.6 is 24.0 Å². The predicted molar refractivity (Wildman–Crippen MR) is 106 cm³/mol. The Balaban J connectivity index is 0.00000576. The summed E-state index contributed by atoms with van der Waals surface area (Å²) in [7, 11) is 0. The van der Waals surface area contributed by atoms with Crippen molar-refractivity contribution in [2.75, 3.05) is 19.7 Å². The van der Waals surface area contributed by atoms with Gasteiger partial charge in [-0.1, -0.05) is 25.5 Å². The van der Waals surface area contributed by atoms with Gasteiger partial charge in [-0.3, -0.25) is 0 Å². The molecule has 1 aromatic carbocycles. The SMILES string of the molecule is CCCCOc1cccc(CN=C(NCC)NCCC(F)(F)F)c1.I. The molecule has 0 aliphatic rings. The zero-order chi connectivity index (χ0) is 17.8. The van der Waals surface area contributed by atoms with Gasteiger partial charge >= 0.3 is 6.18 Å². The monoisotopic (exact) mass is 473 g/mol. The molecule has 1 aromatic rings. The van der Waals surface area contributed by atoms with Crippen LogP contribution in [0.4, 0.5) is 13.2 Å². The van der Waals surface area contributed by atoms with Crippen LogP contribution in [-0.4, -0.2) is 31.8 Å². The maximum absolute atomic E-state index is 12.2. The van der Waals surface area contributed by atoms with Crippen molar-refractivity contribution in [1.82, 2.24) is 10.6 Å². The van der Waals surface area contributed by atoms with Crippen LogP contribution in [0.5, 0.6) is 5.75 Å². The Morgan fingerprint density at radius 1 is 1.20 bits per heavy atom. The van der Waals surface area contributed by atoms with Crippen molar-refractivity contribution in [1.29, 1.82) is 0 Å². The third-order valence-electron chi connectivity index (χ3n) is 3.13. The minimum atomic E-state index is -4.17. The molecule has 0 atom stereocenters. The molecule has 0 radical (unpaired) electrons. The number of benzene rings is 1. The van der Waals surface area contributed by atoms with Crippen molar-refractivity contribution in [2.45, 2.75) is 45.8 Å². The minimum absolute atomic E-state index is 0. The number of aliphatic imine (C=N–C) groups is 1. The summed E-state index contributed by atoms with van der Waals surface area (Å²) < 4.78 is 42.2. The molecule has 0 fully saturated rings. The third kappa shape index (κ3) is 11.9. The van der Waals surface area contributed by atoms with Crippen LogP contribution in [0.25, 0.3) is 0 Å². The quantitative estimate of drug-likeness (QED) is 0.241. The number of hydrogen-bond acceptors (Lipinski definition) is 2. The van der Waals surface area contributed by atoms with Crippen LogP contribution in [0.1, 0.15) is 38.7 Å². The number of ether oxygens (including phenoxy) is 1. The van der Waals surface area contributed by atoms with E-state index in [9.17, 15) is 13.2 Å². The van der Waals surface area contributed by atoms with Gasteiger partial charge in [-0.25, -0.2) is 4.99 Å². The molecule has 0 saturated carbocycles. The first kappa shape index (κ1) is 23.8. The van der Waals surface area contributed by atoms with Crippen molar-refractivity contribution in [3.05, 3.63) is 29.8 Å². The summed E-state index contributed by atoms with van der Waals surface area (Å²) in [5, 5.41) is 5.63. The molecule has 0 heterocycles. The number of nitrogens with one attached hydrogen (secondary N) is 2. The second kappa shape index (κ2) is 13.1. The highest BCUT2D eigenvalue weighted by molar-refractivity contribution is 14.0. The van der Waals surface area contributed by atoms with Crippen LogP contribution in [0.15, 0.2) is 29.3 Å². The normalized spacial score (nSPS) is 11.6. The lowest BCUT2D eigenvalue weighted by Crippen LogP contribution is -2.38. The highest BCUT2D eigenvalue weighted by Crippen LogP contribution is 2.18. The molecule has 0 amide bonds. The molecule has 0 aliphatic carbocycles. The lowest BCUT2D eigenvalue weighted by atomic mass is 10.2. The lowest BCUT2D eigenvalue weighted by molar-refractivity contribution is -0.132. The fourth-order valence-electron chi connectivity index (χ4n) is 1.90. The van der Waals surface area contributed by atoms with E-state index in [0.29, 0.717) is 25.7 Å². The highest BCUT2D eigenvalue weighted by atomic mass is 127. The van der Waals surface area contributed by atoms with Crippen LogP contribution in [0, 0.1) is 0 Å². The Labute approximate surface area is 164 Å². The van der Waals surface area contributed by atoms with Gasteiger partial charge in [0.05, 0.1) is 19.6 Å². The van der Waals surface area contributed by atoms with Gasteiger partial charge in [-0.05, 0) is 31.0 Å². The zero-order valence-corrected chi connectivity index (χ0v) is 17.0. The van der Waals surface area contributed by atoms with Gasteiger partial charge in [0.25, 0.3) is 0 Å². The fourth-order valence-corrected chi connectivity index (χ4v) is 1.90. The van der Waals surface area contributed by atoms with Gasteiger partial charge in [0.15, 0.2) is 5.96 Å². The van der Waals surface area contributed by atoms with Crippen molar-refractivity contribution in [3.8, 4) is 5.75 Å². The van der Waals surface area contributed by atoms with E-state index in [2.05, 4.69) is 22.5 Å². The number of alkyl halides is 3. The predicted octanol–water partition coefficient (Wildman–Crippen LogP) is 4.49. The fraction of sp³-hybridized carbons (Fsp3) is 0.588. The number of halogens is 4. The largest absolute Gasteiger partial charge is 0.494 e. The van der Waals surface area contributed by atoms with Gasteiger partial charge in [0.2, 0.25) is 0 Å². The highest BCUT2D eigenvalue weighted by Gasteiger charge is 2.26. The average molecular weight is 473 g/mol.